The van der Waals surface area contributed by atoms with Crippen LogP contribution >= 0.6 is 0 Å². The fourth-order valence-electron chi connectivity index (χ4n) is 4.29. The van der Waals surface area contributed by atoms with Gasteiger partial charge < -0.3 is 9.47 Å². The van der Waals surface area contributed by atoms with Gasteiger partial charge in [0.1, 0.15) is 18.1 Å². The number of methoxy groups -OCH3 is 1. The third-order valence-corrected chi connectivity index (χ3v) is 5.87. The molecule has 0 spiro atoms. The van der Waals surface area contributed by atoms with E-state index in [1.165, 1.54) is 50.5 Å². The van der Waals surface area contributed by atoms with Gasteiger partial charge in [0.25, 0.3) is 0 Å². The fourth-order valence-corrected chi connectivity index (χ4v) is 4.29. The standard InChI is InChI=1S/C25H34O2/c1-20(17-21-9-4-3-5-10-21)15-16-23-12-6-7-14-25(23)27-19-22-11-8-13-24(18-22)26-2/h6-8,11-14,18,20-21H,3-5,9-10,15-17,19H2,1-2H3. The zero-order valence-electron chi connectivity index (χ0n) is 17.0. The van der Waals surface area contributed by atoms with Crippen LogP contribution < -0.4 is 9.47 Å². The van der Waals surface area contributed by atoms with Crippen molar-refractivity contribution in [1.29, 1.82) is 0 Å². The van der Waals surface area contributed by atoms with Crippen LogP contribution in [0.2, 0.25) is 0 Å². The summed E-state index contributed by atoms with van der Waals surface area (Å²) in [7, 11) is 1.70. The average molecular weight is 367 g/mol. The van der Waals surface area contributed by atoms with Crippen molar-refractivity contribution in [2.45, 2.75) is 64.9 Å². The van der Waals surface area contributed by atoms with Crippen molar-refractivity contribution in [1.82, 2.24) is 0 Å². The smallest absolute Gasteiger partial charge is 0.122 e. The van der Waals surface area contributed by atoms with Crippen molar-refractivity contribution in [3.63, 3.8) is 0 Å². The average Bonchev–Trinajstić information content (AvgIpc) is 2.72. The summed E-state index contributed by atoms with van der Waals surface area (Å²) in [6.45, 7) is 3.00. The van der Waals surface area contributed by atoms with Gasteiger partial charge in [0.2, 0.25) is 0 Å². The molecule has 0 radical (unpaired) electrons. The predicted molar refractivity (Wildman–Crippen MR) is 112 cm³/mol. The molecule has 1 saturated carbocycles. The van der Waals surface area contributed by atoms with Gasteiger partial charge in [-0.2, -0.15) is 0 Å². The van der Waals surface area contributed by atoms with Crippen molar-refractivity contribution in [2.24, 2.45) is 11.8 Å². The minimum Gasteiger partial charge on any atom is -0.497 e. The van der Waals surface area contributed by atoms with E-state index >= 15 is 0 Å². The lowest BCUT2D eigenvalue weighted by Crippen LogP contribution is -2.11. The molecule has 1 aliphatic rings. The molecule has 146 valence electrons. The first kappa shape index (κ1) is 19.8. The Kier molecular flexibility index (Phi) is 7.62. The van der Waals surface area contributed by atoms with E-state index < -0.39 is 0 Å². The number of para-hydroxylation sites is 1. The highest BCUT2D eigenvalue weighted by atomic mass is 16.5. The molecule has 27 heavy (non-hydrogen) atoms. The number of hydrogen-bond acceptors (Lipinski definition) is 2. The van der Waals surface area contributed by atoms with Crippen molar-refractivity contribution >= 4 is 0 Å². The topological polar surface area (TPSA) is 18.5 Å². The maximum atomic E-state index is 6.15. The van der Waals surface area contributed by atoms with Crippen LogP contribution in [0.15, 0.2) is 48.5 Å². The van der Waals surface area contributed by atoms with E-state index in [2.05, 4.69) is 37.3 Å². The fraction of sp³-hybridized carbons (Fsp3) is 0.520. The molecule has 1 unspecified atom stereocenters. The van der Waals surface area contributed by atoms with E-state index in [1.54, 1.807) is 7.11 Å². The second-order valence-corrected chi connectivity index (χ2v) is 8.13. The molecule has 0 bridgehead atoms. The minimum atomic E-state index is 0.575. The molecule has 1 fully saturated rings. The van der Waals surface area contributed by atoms with Crippen molar-refractivity contribution in [2.75, 3.05) is 7.11 Å². The molecular weight excluding hydrogens is 332 g/mol. The molecule has 1 aliphatic carbocycles. The van der Waals surface area contributed by atoms with Crippen LogP contribution in [0.25, 0.3) is 0 Å². The first-order chi connectivity index (χ1) is 13.2. The van der Waals surface area contributed by atoms with E-state index in [-0.39, 0.29) is 0 Å². The maximum Gasteiger partial charge on any atom is 0.122 e. The lowest BCUT2D eigenvalue weighted by atomic mass is 9.82. The van der Waals surface area contributed by atoms with Gasteiger partial charge >= 0.3 is 0 Å². The monoisotopic (exact) mass is 366 g/mol. The summed E-state index contributed by atoms with van der Waals surface area (Å²) in [5.41, 5.74) is 2.46. The summed E-state index contributed by atoms with van der Waals surface area (Å²) in [6, 6.07) is 16.6. The largest absolute Gasteiger partial charge is 0.497 e. The molecule has 0 saturated heterocycles. The Labute approximate surface area is 164 Å². The Morgan fingerprint density at radius 2 is 1.81 bits per heavy atom. The van der Waals surface area contributed by atoms with Gasteiger partial charge in [0, 0.05) is 0 Å². The van der Waals surface area contributed by atoms with Gasteiger partial charge in [0.15, 0.2) is 0 Å². The summed E-state index contributed by atoms with van der Waals surface area (Å²) >= 11 is 0. The molecule has 0 amide bonds. The normalized spacial score (nSPS) is 16.1. The second-order valence-electron chi connectivity index (χ2n) is 8.13. The number of benzene rings is 2. The molecule has 3 rings (SSSR count). The summed E-state index contributed by atoms with van der Waals surface area (Å²) < 4.78 is 11.5. The van der Waals surface area contributed by atoms with E-state index in [1.807, 2.05) is 18.2 Å². The third kappa shape index (κ3) is 6.30. The molecule has 0 heterocycles. The molecule has 2 nitrogen and oxygen atoms in total. The van der Waals surface area contributed by atoms with Gasteiger partial charge in [-0.1, -0.05) is 69.4 Å². The quantitative estimate of drug-likeness (QED) is 0.485. The molecule has 0 aliphatic heterocycles. The summed E-state index contributed by atoms with van der Waals surface area (Å²) in [6.07, 6.45) is 11.0. The SMILES string of the molecule is COc1cccc(COc2ccccc2CCC(C)CC2CCCCC2)c1. The van der Waals surface area contributed by atoms with E-state index in [0.29, 0.717) is 6.61 Å². The highest BCUT2D eigenvalue weighted by Gasteiger charge is 2.16. The molecule has 2 aromatic rings. The van der Waals surface area contributed by atoms with Crippen molar-refractivity contribution in [3.05, 3.63) is 59.7 Å². The predicted octanol–water partition coefficient (Wildman–Crippen LogP) is 6.81. The van der Waals surface area contributed by atoms with Gasteiger partial charge in [0.05, 0.1) is 7.11 Å². The number of hydrogen-bond donors (Lipinski definition) is 0. The zero-order valence-corrected chi connectivity index (χ0v) is 17.0. The van der Waals surface area contributed by atoms with E-state index in [4.69, 9.17) is 9.47 Å². The Bertz CT molecular complexity index is 688. The zero-order chi connectivity index (χ0) is 18.9. The third-order valence-electron chi connectivity index (χ3n) is 5.87. The van der Waals surface area contributed by atoms with E-state index in [0.717, 1.165) is 35.3 Å². The van der Waals surface area contributed by atoms with Crippen LogP contribution in [0.5, 0.6) is 11.5 Å². The van der Waals surface area contributed by atoms with Crippen molar-refractivity contribution < 1.29 is 9.47 Å². The Morgan fingerprint density at radius 3 is 2.63 bits per heavy atom. The molecule has 1 atom stereocenters. The first-order valence-corrected chi connectivity index (χ1v) is 10.6. The Morgan fingerprint density at radius 1 is 1.00 bits per heavy atom. The lowest BCUT2D eigenvalue weighted by molar-refractivity contribution is 0.285. The maximum absolute atomic E-state index is 6.15. The minimum absolute atomic E-state index is 0.575. The Balaban J connectivity index is 1.52. The molecule has 2 aromatic carbocycles. The second kappa shape index (κ2) is 10.4. The number of rotatable bonds is 9. The molecule has 0 N–H and O–H groups in total. The summed E-state index contributed by atoms with van der Waals surface area (Å²) in [4.78, 5) is 0. The van der Waals surface area contributed by atoms with Crippen LogP contribution in [0, 0.1) is 11.8 Å². The molecular formula is C25H34O2. The van der Waals surface area contributed by atoms with Gasteiger partial charge in [-0.25, -0.2) is 0 Å². The first-order valence-electron chi connectivity index (χ1n) is 10.6. The molecule has 2 heteroatoms. The summed E-state index contributed by atoms with van der Waals surface area (Å²) in [5.74, 6) is 3.65. The lowest BCUT2D eigenvalue weighted by Gasteiger charge is -2.24. The molecule has 0 aromatic heterocycles. The summed E-state index contributed by atoms with van der Waals surface area (Å²) in [5, 5.41) is 0. The van der Waals surface area contributed by atoms with Crippen LogP contribution in [-0.4, -0.2) is 7.11 Å². The van der Waals surface area contributed by atoms with Gasteiger partial charge in [-0.3, -0.25) is 0 Å². The van der Waals surface area contributed by atoms with Crippen molar-refractivity contribution in [3.8, 4) is 11.5 Å². The highest BCUT2D eigenvalue weighted by molar-refractivity contribution is 5.34. The van der Waals surface area contributed by atoms with Gasteiger partial charge in [-0.15, -0.1) is 0 Å². The van der Waals surface area contributed by atoms with Crippen LogP contribution in [0.3, 0.4) is 0 Å². The van der Waals surface area contributed by atoms with Crippen LogP contribution in [0.4, 0.5) is 0 Å². The Hall–Kier alpha value is -1.96. The van der Waals surface area contributed by atoms with E-state index in [9.17, 15) is 0 Å². The number of aryl methyl sites for hydroxylation is 1. The number of ether oxygens (including phenoxy) is 2. The van der Waals surface area contributed by atoms with Crippen LogP contribution in [-0.2, 0) is 13.0 Å². The van der Waals surface area contributed by atoms with Crippen LogP contribution in [0.1, 0.15) is 63.0 Å². The highest BCUT2D eigenvalue weighted by Crippen LogP contribution is 2.31. The van der Waals surface area contributed by atoms with Gasteiger partial charge in [-0.05, 0) is 60.4 Å².